The average Bonchev–Trinajstić information content (AvgIpc) is 2.02. The Morgan fingerprint density at radius 3 is 2.14 bits per heavy atom. The number of carbonyl (C=O) groups is 2. The van der Waals surface area contributed by atoms with Crippen LogP contribution in [0.3, 0.4) is 0 Å². The molecule has 0 radical (unpaired) electrons. The Kier molecular flexibility index (Phi) is 4.60. The molecular weight excluding hydrogens is 180 g/mol. The molecule has 0 saturated heterocycles. The molecule has 0 spiro atoms. The second-order valence-electron chi connectivity index (χ2n) is 4.34. The van der Waals surface area contributed by atoms with Crippen molar-refractivity contribution < 1.29 is 9.59 Å². The minimum Gasteiger partial charge on any atom is -0.355 e. The van der Waals surface area contributed by atoms with Gasteiger partial charge in [-0.2, -0.15) is 0 Å². The van der Waals surface area contributed by atoms with Crippen LogP contribution >= 0.6 is 0 Å². The molecule has 0 aromatic rings. The van der Waals surface area contributed by atoms with Crippen molar-refractivity contribution in [1.29, 1.82) is 0 Å². The van der Waals surface area contributed by atoms with Crippen LogP contribution in [0.1, 0.15) is 34.6 Å². The Morgan fingerprint density at radius 2 is 1.79 bits per heavy atom. The van der Waals surface area contributed by atoms with Gasteiger partial charge in [0.05, 0.1) is 0 Å². The summed E-state index contributed by atoms with van der Waals surface area (Å²) in [5, 5.41) is 5.30. The molecule has 4 nitrogen and oxygen atoms in total. The third-order valence-electron chi connectivity index (χ3n) is 1.77. The molecule has 82 valence electrons. The van der Waals surface area contributed by atoms with Crippen LogP contribution in [0.4, 0.5) is 0 Å². The van der Waals surface area contributed by atoms with Crippen LogP contribution in [0.2, 0.25) is 0 Å². The van der Waals surface area contributed by atoms with E-state index in [2.05, 4.69) is 10.6 Å². The number of nitrogens with one attached hydrogen (secondary N) is 2. The van der Waals surface area contributed by atoms with E-state index >= 15 is 0 Å². The summed E-state index contributed by atoms with van der Waals surface area (Å²) in [4.78, 5) is 22.8. The molecule has 0 rings (SSSR count). The maximum atomic E-state index is 11.5. The molecule has 1 unspecified atom stereocenters. The Bertz CT molecular complexity index is 219. The van der Waals surface area contributed by atoms with Gasteiger partial charge in [-0.25, -0.2) is 0 Å². The third-order valence-corrected chi connectivity index (χ3v) is 1.77. The molecule has 2 amide bonds. The van der Waals surface area contributed by atoms with Crippen molar-refractivity contribution in [3.05, 3.63) is 0 Å². The van der Waals surface area contributed by atoms with E-state index in [1.54, 1.807) is 6.92 Å². The largest absolute Gasteiger partial charge is 0.355 e. The first kappa shape index (κ1) is 12.9. The van der Waals surface area contributed by atoms with Gasteiger partial charge in [0.15, 0.2) is 0 Å². The molecule has 0 bridgehead atoms. The molecule has 0 aromatic carbocycles. The van der Waals surface area contributed by atoms with Gasteiger partial charge in [-0.3, -0.25) is 9.59 Å². The number of likely N-dealkylation sites (N-methyl/N-ethyl adjacent to an activating group) is 1. The predicted octanol–water partition coefficient (Wildman–Crippen LogP) is 0.673. The second kappa shape index (κ2) is 4.98. The van der Waals surface area contributed by atoms with E-state index in [-0.39, 0.29) is 11.8 Å². The lowest BCUT2D eigenvalue weighted by atomic mass is 9.95. The van der Waals surface area contributed by atoms with Gasteiger partial charge >= 0.3 is 0 Å². The first-order chi connectivity index (χ1) is 6.29. The summed E-state index contributed by atoms with van der Waals surface area (Å²) < 4.78 is 0. The third kappa shape index (κ3) is 4.25. The Labute approximate surface area is 85.4 Å². The van der Waals surface area contributed by atoms with Crippen LogP contribution in [-0.2, 0) is 9.59 Å². The van der Waals surface area contributed by atoms with Crippen molar-refractivity contribution in [3.8, 4) is 0 Å². The van der Waals surface area contributed by atoms with E-state index < -0.39 is 11.5 Å². The highest BCUT2D eigenvalue weighted by Crippen LogP contribution is 2.12. The summed E-state index contributed by atoms with van der Waals surface area (Å²) in [5.74, 6) is -0.263. The number of hydrogen-bond acceptors (Lipinski definition) is 2. The summed E-state index contributed by atoms with van der Waals surface area (Å²) in [6.07, 6.45) is 0. The topological polar surface area (TPSA) is 58.2 Å². The molecule has 0 fully saturated rings. The molecule has 2 N–H and O–H groups in total. The zero-order valence-corrected chi connectivity index (χ0v) is 9.60. The monoisotopic (exact) mass is 200 g/mol. The van der Waals surface area contributed by atoms with E-state index in [4.69, 9.17) is 0 Å². The molecule has 0 aliphatic carbocycles. The SMILES string of the molecule is CCNC(=O)C(C)NC(=O)C(C)(C)C. The summed E-state index contributed by atoms with van der Waals surface area (Å²) in [7, 11) is 0. The van der Waals surface area contributed by atoms with Gasteiger partial charge in [0.2, 0.25) is 11.8 Å². The molecular formula is C10H20N2O2. The first-order valence-corrected chi connectivity index (χ1v) is 4.87. The van der Waals surface area contributed by atoms with Gasteiger partial charge < -0.3 is 10.6 Å². The maximum Gasteiger partial charge on any atom is 0.242 e. The smallest absolute Gasteiger partial charge is 0.242 e. The summed E-state index contributed by atoms with van der Waals surface area (Å²) >= 11 is 0. The van der Waals surface area contributed by atoms with Crippen LogP contribution in [0.25, 0.3) is 0 Å². The second-order valence-corrected chi connectivity index (χ2v) is 4.34. The van der Waals surface area contributed by atoms with E-state index in [0.717, 1.165) is 0 Å². The van der Waals surface area contributed by atoms with E-state index in [1.165, 1.54) is 0 Å². The zero-order chi connectivity index (χ0) is 11.4. The highest BCUT2D eigenvalue weighted by Gasteiger charge is 2.24. The maximum absolute atomic E-state index is 11.5. The molecule has 0 heterocycles. The lowest BCUT2D eigenvalue weighted by molar-refractivity contribution is -0.133. The highest BCUT2D eigenvalue weighted by molar-refractivity contribution is 5.89. The minimum atomic E-state index is -0.471. The fraction of sp³-hybridized carbons (Fsp3) is 0.800. The molecule has 0 aliphatic heterocycles. The fourth-order valence-corrected chi connectivity index (χ4v) is 0.806. The van der Waals surface area contributed by atoms with Crippen LogP contribution in [0, 0.1) is 5.41 Å². The van der Waals surface area contributed by atoms with Gasteiger partial charge in [-0.05, 0) is 13.8 Å². The van der Waals surface area contributed by atoms with Crippen molar-refractivity contribution in [2.75, 3.05) is 6.54 Å². The van der Waals surface area contributed by atoms with Crippen LogP contribution in [-0.4, -0.2) is 24.4 Å². The molecule has 14 heavy (non-hydrogen) atoms. The first-order valence-electron chi connectivity index (χ1n) is 4.87. The molecule has 0 aromatic heterocycles. The van der Waals surface area contributed by atoms with E-state index in [0.29, 0.717) is 6.54 Å². The fourth-order valence-electron chi connectivity index (χ4n) is 0.806. The standard InChI is InChI=1S/C10H20N2O2/c1-6-11-8(13)7(2)12-9(14)10(3,4)5/h7H,6H2,1-5H3,(H,11,13)(H,12,14). The van der Waals surface area contributed by atoms with E-state index in [1.807, 2.05) is 27.7 Å². The van der Waals surface area contributed by atoms with Gasteiger partial charge in [-0.1, -0.05) is 20.8 Å². The van der Waals surface area contributed by atoms with E-state index in [9.17, 15) is 9.59 Å². The Hall–Kier alpha value is -1.06. The summed E-state index contributed by atoms with van der Waals surface area (Å²) in [6.45, 7) is 9.53. The summed E-state index contributed by atoms with van der Waals surface area (Å²) in [6, 6.07) is -0.471. The van der Waals surface area contributed by atoms with Gasteiger partial charge in [-0.15, -0.1) is 0 Å². The quantitative estimate of drug-likeness (QED) is 0.703. The molecule has 0 aliphatic rings. The van der Waals surface area contributed by atoms with Gasteiger partial charge in [0.25, 0.3) is 0 Å². The number of amides is 2. The predicted molar refractivity (Wildman–Crippen MR) is 55.7 cm³/mol. The Balaban J connectivity index is 4.13. The molecule has 4 heteroatoms. The number of carbonyl (C=O) groups excluding carboxylic acids is 2. The summed E-state index contributed by atoms with van der Waals surface area (Å²) in [5.41, 5.74) is -0.458. The van der Waals surface area contributed by atoms with Crippen molar-refractivity contribution in [2.24, 2.45) is 5.41 Å². The minimum absolute atomic E-state index is 0.115. The molecule has 0 saturated carbocycles. The van der Waals surface area contributed by atoms with Crippen LogP contribution in [0.5, 0.6) is 0 Å². The average molecular weight is 200 g/mol. The van der Waals surface area contributed by atoms with Crippen molar-refractivity contribution in [2.45, 2.75) is 40.7 Å². The van der Waals surface area contributed by atoms with Crippen LogP contribution < -0.4 is 10.6 Å². The number of hydrogen-bond donors (Lipinski definition) is 2. The van der Waals surface area contributed by atoms with Crippen molar-refractivity contribution in [1.82, 2.24) is 10.6 Å². The van der Waals surface area contributed by atoms with Gasteiger partial charge in [0, 0.05) is 12.0 Å². The lowest BCUT2D eigenvalue weighted by Gasteiger charge is -2.21. The lowest BCUT2D eigenvalue weighted by Crippen LogP contribution is -2.48. The molecule has 1 atom stereocenters. The Morgan fingerprint density at radius 1 is 1.29 bits per heavy atom. The number of rotatable bonds is 3. The zero-order valence-electron chi connectivity index (χ0n) is 9.60. The van der Waals surface area contributed by atoms with Crippen molar-refractivity contribution >= 4 is 11.8 Å². The van der Waals surface area contributed by atoms with Crippen molar-refractivity contribution in [3.63, 3.8) is 0 Å². The highest BCUT2D eigenvalue weighted by atomic mass is 16.2. The van der Waals surface area contributed by atoms with Gasteiger partial charge in [0.1, 0.15) is 6.04 Å². The normalized spacial score (nSPS) is 13.2. The van der Waals surface area contributed by atoms with Crippen LogP contribution in [0.15, 0.2) is 0 Å².